The Labute approximate surface area is 93.8 Å². The predicted molar refractivity (Wildman–Crippen MR) is 60.5 cm³/mol. The van der Waals surface area contributed by atoms with Gasteiger partial charge in [-0.25, -0.2) is 4.68 Å². The zero-order chi connectivity index (χ0) is 10.9. The van der Waals surface area contributed by atoms with Crippen molar-refractivity contribution in [2.24, 2.45) is 5.73 Å². The van der Waals surface area contributed by atoms with Crippen LogP contribution in [0, 0.1) is 0 Å². The summed E-state index contributed by atoms with van der Waals surface area (Å²) < 4.78 is 2.13. The summed E-state index contributed by atoms with van der Waals surface area (Å²) >= 11 is 2.01. The molecule has 2 rings (SSSR count). The van der Waals surface area contributed by atoms with E-state index in [1.807, 2.05) is 23.4 Å². The Balaban J connectivity index is 2.13. The van der Waals surface area contributed by atoms with Gasteiger partial charge in [0.05, 0.1) is 12.6 Å². The lowest BCUT2D eigenvalue weighted by molar-refractivity contribution is 0.447. The molecular formula is C9H17N5S. The van der Waals surface area contributed by atoms with E-state index in [0.29, 0.717) is 0 Å². The van der Waals surface area contributed by atoms with Crippen LogP contribution in [-0.2, 0) is 6.54 Å². The highest BCUT2D eigenvalue weighted by atomic mass is 32.2. The molecule has 0 aromatic carbocycles. The van der Waals surface area contributed by atoms with E-state index in [2.05, 4.69) is 22.4 Å². The van der Waals surface area contributed by atoms with Crippen molar-refractivity contribution < 1.29 is 0 Å². The van der Waals surface area contributed by atoms with Crippen molar-refractivity contribution in [2.75, 3.05) is 5.75 Å². The predicted octanol–water partition coefficient (Wildman–Crippen LogP) is 0.978. The van der Waals surface area contributed by atoms with Crippen molar-refractivity contribution in [3.05, 3.63) is 5.82 Å². The minimum atomic E-state index is -0.102. The second-order valence-corrected chi connectivity index (χ2v) is 6.07. The highest BCUT2D eigenvalue weighted by Gasteiger charge is 2.31. The topological polar surface area (TPSA) is 69.6 Å². The van der Waals surface area contributed by atoms with E-state index in [4.69, 9.17) is 5.73 Å². The van der Waals surface area contributed by atoms with Crippen LogP contribution in [0.25, 0.3) is 0 Å². The van der Waals surface area contributed by atoms with Gasteiger partial charge in [-0.05, 0) is 42.9 Å². The molecule has 6 heteroatoms. The van der Waals surface area contributed by atoms with Crippen molar-refractivity contribution in [3.8, 4) is 0 Å². The molecule has 2 unspecified atom stereocenters. The van der Waals surface area contributed by atoms with E-state index in [-0.39, 0.29) is 10.8 Å². The van der Waals surface area contributed by atoms with Crippen molar-refractivity contribution in [3.63, 3.8) is 0 Å². The number of nitrogens with zero attached hydrogens (tertiary/aromatic N) is 4. The molecule has 1 aromatic rings. The number of hydrogen-bond acceptors (Lipinski definition) is 5. The first-order valence-electron chi connectivity index (χ1n) is 5.26. The van der Waals surface area contributed by atoms with Crippen molar-refractivity contribution in [1.82, 2.24) is 20.2 Å². The van der Waals surface area contributed by atoms with Crippen LogP contribution in [0.2, 0.25) is 0 Å². The van der Waals surface area contributed by atoms with E-state index >= 15 is 0 Å². The Kier molecular flexibility index (Phi) is 2.97. The highest BCUT2D eigenvalue weighted by molar-refractivity contribution is 8.00. The molecule has 2 N–H and O–H groups in total. The summed E-state index contributed by atoms with van der Waals surface area (Å²) in [5.41, 5.74) is 5.81. The van der Waals surface area contributed by atoms with Crippen LogP contribution in [-0.4, -0.2) is 30.7 Å². The molecule has 0 amide bonds. The molecular weight excluding hydrogens is 210 g/mol. The summed E-state index contributed by atoms with van der Waals surface area (Å²) in [5.74, 6) is 2.02. The van der Waals surface area contributed by atoms with Gasteiger partial charge in [-0.3, -0.25) is 0 Å². The minimum absolute atomic E-state index is 0.102. The van der Waals surface area contributed by atoms with E-state index in [9.17, 15) is 0 Å². The van der Waals surface area contributed by atoms with Gasteiger partial charge < -0.3 is 5.73 Å². The molecule has 0 radical (unpaired) electrons. The third kappa shape index (κ3) is 2.31. The van der Waals surface area contributed by atoms with E-state index < -0.39 is 0 Å². The molecule has 0 saturated carbocycles. The molecule has 0 spiro atoms. The summed E-state index contributed by atoms with van der Waals surface area (Å²) in [6, 6.07) is -0.102. The number of thioether (sulfide) groups is 1. The monoisotopic (exact) mass is 227 g/mol. The number of nitrogens with two attached hydrogens (primary N) is 1. The second kappa shape index (κ2) is 4.09. The molecule has 1 saturated heterocycles. The van der Waals surface area contributed by atoms with Crippen LogP contribution < -0.4 is 5.73 Å². The summed E-state index contributed by atoms with van der Waals surface area (Å²) in [4.78, 5) is 0. The number of aromatic nitrogens is 4. The maximum atomic E-state index is 5.81. The molecule has 1 aliphatic heterocycles. The maximum Gasteiger partial charge on any atom is 0.167 e. The summed E-state index contributed by atoms with van der Waals surface area (Å²) in [6.07, 6.45) is 2.52. The van der Waals surface area contributed by atoms with Gasteiger partial charge >= 0.3 is 0 Å². The molecule has 5 nitrogen and oxygen atoms in total. The van der Waals surface area contributed by atoms with Crippen LogP contribution in [0.15, 0.2) is 0 Å². The standard InChI is InChI=1S/C9H17N5S/c1-7(10)8-11-12-13-14(8)6-9(2)4-3-5-15-9/h7H,3-6,10H2,1-2H3. The van der Waals surface area contributed by atoms with Crippen LogP contribution >= 0.6 is 11.8 Å². The Hall–Kier alpha value is -0.620. The maximum absolute atomic E-state index is 5.81. The van der Waals surface area contributed by atoms with Gasteiger partial charge in [0, 0.05) is 4.75 Å². The molecule has 15 heavy (non-hydrogen) atoms. The number of hydrogen-bond donors (Lipinski definition) is 1. The zero-order valence-electron chi connectivity index (χ0n) is 9.18. The van der Waals surface area contributed by atoms with Crippen molar-refractivity contribution in [2.45, 2.75) is 44.0 Å². The van der Waals surface area contributed by atoms with Crippen LogP contribution in [0.3, 0.4) is 0 Å². The summed E-state index contributed by atoms with van der Waals surface area (Å²) in [5, 5.41) is 11.7. The average Bonchev–Trinajstić information content (AvgIpc) is 2.75. The molecule has 0 aliphatic carbocycles. The summed E-state index contributed by atoms with van der Waals surface area (Å²) in [7, 11) is 0. The van der Waals surface area contributed by atoms with E-state index in [1.54, 1.807) is 0 Å². The van der Waals surface area contributed by atoms with Gasteiger partial charge in [0.2, 0.25) is 0 Å². The average molecular weight is 227 g/mol. The van der Waals surface area contributed by atoms with Gasteiger partial charge in [0.25, 0.3) is 0 Å². The normalized spacial score (nSPS) is 28.2. The smallest absolute Gasteiger partial charge is 0.167 e. The van der Waals surface area contributed by atoms with Crippen molar-refractivity contribution >= 4 is 11.8 Å². The van der Waals surface area contributed by atoms with Gasteiger partial charge in [-0.1, -0.05) is 0 Å². The third-order valence-electron chi connectivity index (χ3n) is 2.75. The third-order valence-corrected chi connectivity index (χ3v) is 4.27. The van der Waals surface area contributed by atoms with Crippen molar-refractivity contribution in [1.29, 1.82) is 0 Å². The molecule has 2 atom stereocenters. The molecule has 0 bridgehead atoms. The van der Waals surface area contributed by atoms with Crippen LogP contribution in [0.5, 0.6) is 0 Å². The van der Waals surface area contributed by atoms with E-state index in [1.165, 1.54) is 18.6 Å². The fourth-order valence-corrected chi connectivity index (χ4v) is 3.21. The minimum Gasteiger partial charge on any atom is -0.322 e. The van der Waals surface area contributed by atoms with Gasteiger partial charge in [-0.2, -0.15) is 11.8 Å². The molecule has 1 aromatic heterocycles. The quantitative estimate of drug-likeness (QED) is 0.833. The summed E-state index contributed by atoms with van der Waals surface area (Å²) in [6.45, 7) is 5.05. The lowest BCUT2D eigenvalue weighted by atomic mass is 10.1. The Morgan fingerprint density at radius 2 is 2.47 bits per heavy atom. The second-order valence-electron chi connectivity index (χ2n) is 4.39. The van der Waals surface area contributed by atoms with E-state index in [0.717, 1.165) is 12.4 Å². The Morgan fingerprint density at radius 1 is 1.67 bits per heavy atom. The first kappa shape index (κ1) is 10.9. The lowest BCUT2D eigenvalue weighted by Crippen LogP contribution is -2.27. The fourth-order valence-electron chi connectivity index (χ4n) is 1.93. The Morgan fingerprint density at radius 3 is 3.07 bits per heavy atom. The first-order chi connectivity index (χ1) is 7.11. The molecule has 1 fully saturated rings. The zero-order valence-corrected chi connectivity index (χ0v) is 10.00. The highest BCUT2D eigenvalue weighted by Crippen LogP contribution is 2.38. The van der Waals surface area contributed by atoms with Crippen LogP contribution in [0.4, 0.5) is 0 Å². The molecule has 2 heterocycles. The number of rotatable bonds is 3. The largest absolute Gasteiger partial charge is 0.322 e. The molecule has 1 aliphatic rings. The van der Waals surface area contributed by atoms with Gasteiger partial charge in [0.15, 0.2) is 5.82 Å². The fraction of sp³-hybridized carbons (Fsp3) is 0.889. The number of tetrazole rings is 1. The molecule has 84 valence electrons. The van der Waals surface area contributed by atoms with Crippen LogP contribution in [0.1, 0.15) is 38.6 Å². The first-order valence-corrected chi connectivity index (χ1v) is 6.25. The Bertz CT molecular complexity index is 329. The van der Waals surface area contributed by atoms with Gasteiger partial charge in [-0.15, -0.1) is 5.10 Å². The van der Waals surface area contributed by atoms with Gasteiger partial charge in [0.1, 0.15) is 0 Å². The SMILES string of the molecule is CC(N)c1nnnn1CC1(C)CCCS1. The lowest BCUT2D eigenvalue weighted by Gasteiger charge is -2.22.